The van der Waals surface area contributed by atoms with Crippen molar-refractivity contribution >= 4 is 5.78 Å². The van der Waals surface area contributed by atoms with E-state index in [0.29, 0.717) is 35.0 Å². The fraction of sp³-hybridized carbons (Fsp3) is 0.318. The van der Waals surface area contributed by atoms with Gasteiger partial charge in [0.15, 0.2) is 5.78 Å². The Balaban J connectivity index is 1.64. The second kappa shape index (κ2) is 7.11. The standard InChI is InChI=1S/C22H22N2O4/c1-4-22(5-2)13-18(25)17-12-15(8-11-19(17)27-22)21-23-20(24-28-21)14-6-9-16(26-3)10-7-14/h6-12H,4-5,13H2,1-3H3. The molecule has 0 N–H and O–H groups in total. The van der Waals surface area contributed by atoms with Crippen molar-refractivity contribution in [3.63, 3.8) is 0 Å². The average Bonchev–Trinajstić information content (AvgIpc) is 3.23. The Kier molecular flexibility index (Phi) is 4.63. The van der Waals surface area contributed by atoms with Gasteiger partial charge in [0.1, 0.15) is 17.1 Å². The van der Waals surface area contributed by atoms with Crippen LogP contribution in [0.1, 0.15) is 43.5 Å². The van der Waals surface area contributed by atoms with E-state index in [9.17, 15) is 4.79 Å². The van der Waals surface area contributed by atoms with E-state index in [1.54, 1.807) is 13.2 Å². The molecule has 1 aromatic heterocycles. The Morgan fingerprint density at radius 3 is 2.46 bits per heavy atom. The highest BCUT2D eigenvalue weighted by molar-refractivity contribution is 6.01. The van der Waals surface area contributed by atoms with E-state index in [1.165, 1.54) is 0 Å². The fourth-order valence-electron chi connectivity index (χ4n) is 3.47. The van der Waals surface area contributed by atoms with Crippen LogP contribution < -0.4 is 9.47 Å². The van der Waals surface area contributed by atoms with Gasteiger partial charge in [-0.15, -0.1) is 0 Å². The lowest BCUT2D eigenvalue weighted by atomic mass is 9.85. The molecule has 0 fully saturated rings. The lowest BCUT2D eigenvalue weighted by Crippen LogP contribution is -2.40. The van der Waals surface area contributed by atoms with E-state index in [4.69, 9.17) is 14.0 Å². The molecule has 1 aliphatic heterocycles. The van der Waals surface area contributed by atoms with Gasteiger partial charge in [-0.25, -0.2) is 0 Å². The fourth-order valence-corrected chi connectivity index (χ4v) is 3.47. The molecule has 1 aliphatic rings. The average molecular weight is 378 g/mol. The molecule has 6 nitrogen and oxygen atoms in total. The van der Waals surface area contributed by atoms with Crippen molar-refractivity contribution in [1.82, 2.24) is 10.1 Å². The number of carbonyl (C=O) groups is 1. The highest BCUT2D eigenvalue weighted by Crippen LogP contribution is 2.39. The van der Waals surface area contributed by atoms with E-state index in [0.717, 1.165) is 24.2 Å². The van der Waals surface area contributed by atoms with Crippen molar-refractivity contribution < 1.29 is 18.8 Å². The Labute approximate surface area is 163 Å². The van der Waals surface area contributed by atoms with Crippen LogP contribution >= 0.6 is 0 Å². The molecule has 2 heterocycles. The molecule has 0 spiro atoms. The van der Waals surface area contributed by atoms with Crippen LogP contribution in [0.2, 0.25) is 0 Å². The molecule has 0 aliphatic carbocycles. The number of hydrogen-bond donors (Lipinski definition) is 0. The lowest BCUT2D eigenvalue weighted by molar-refractivity contribution is 0.0350. The molecular formula is C22H22N2O4. The van der Waals surface area contributed by atoms with Crippen molar-refractivity contribution in [2.45, 2.75) is 38.7 Å². The van der Waals surface area contributed by atoms with Gasteiger partial charge in [0, 0.05) is 11.1 Å². The van der Waals surface area contributed by atoms with Gasteiger partial charge in [0.25, 0.3) is 5.89 Å². The highest BCUT2D eigenvalue weighted by Gasteiger charge is 2.37. The largest absolute Gasteiger partial charge is 0.497 e. The maximum atomic E-state index is 12.7. The van der Waals surface area contributed by atoms with Crippen LogP contribution in [0, 0.1) is 0 Å². The molecule has 0 unspecified atom stereocenters. The van der Waals surface area contributed by atoms with Gasteiger partial charge in [-0.3, -0.25) is 4.79 Å². The summed E-state index contributed by atoms with van der Waals surface area (Å²) in [7, 11) is 1.62. The van der Waals surface area contributed by atoms with E-state index in [1.807, 2.05) is 36.4 Å². The number of Topliss-reactive ketones (excluding diaryl/α,β-unsaturated/α-hetero) is 1. The molecule has 0 atom stereocenters. The van der Waals surface area contributed by atoms with Gasteiger partial charge in [-0.2, -0.15) is 4.98 Å². The number of rotatable bonds is 5. The molecule has 2 aromatic carbocycles. The molecular weight excluding hydrogens is 356 g/mol. The maximum absolute atomic E-state index is 12.7. The minimum atomic E-state index is -0.405. The van der Waals surface area contributed by atoms with Gasteiger partial charge in [-0.1, -0.05) is 19.0 Å². The smallest absolute Gasteiger partial charge is 0.258 e. The van der Waals surface area contributed by atoms with Crippen molar-refractivity contribution in [2.24, 2.45) is 0 Å². The predicted octanol–water partition coefficient (Wildman–Crippen LogP) is 4.94. The van der Waals surface area contributed by atoms with Crippen molar-refractivity contribution in [3.8, 4) is 34.3 Å². The summed E-state index contributed by atoms with van der Waals surface area (Å²) < 4.78 is 16.8. The molecule has 6 heteroatoms. The molecule has 144 valence electrons. The quantitative estimate of drug-likeness (QED) is 0.626. The summed E-state index contributed by atoms with van der Waals surface area (Å²) in [6.45, 7) is 4.10. The van der Waals surface area contributed by atoms with Crippen molar-refractivity contribution in [1.29, 1.82) is 0 Å². The number of ketones is 1. The molecule has 3 aromatic rings. The normalized spacial score (nSPS) is 15.0. The highest BCUT2D eigenvalue weighted by atomic mass is 16.5. The molecule has 0 radical (unpaired) electrons. The zero-order valence-corrected chi connectivity index (χ0v) is 16.2. The monoisotopic (exact) mass is 378 g/mol. The summed E-state index contributed by atoms with van der Waals surface area (Å²) in [4.78, 5) is 17.2. The van der Waals surface area contributed by atoms with Crippen LogP contribution in [0.3, 0.4) is 0 Å². The Morgan fingerprint density at radius 1 is 1.07 bits per heavy atom. The summed E-state index contributed by atoms with van der Waals surface area (Å²) >= 11 is 0. The number of carbonyl (C=O) groups excluding carboxylic acids is 1. The minimum Gasteiger partial charge on any atom is -0.497 e. The van der Waals surface area contributed by atoms with Gasteiger partial charge >= 0.3 is 0 Å². The molecule has 0 amide bonds. The number of methoxy groups -OCH3 is 1. The maximum Gasteiger partial charge on any atom is 0.258 e. The summed E-state index contributed by atoms with van der Waals surface area (Å²) in [6.07, 6.45) is 1.98. The number of ether oxygens (including phenoxy) is 2. The summed E-state index contributed by atoms with van der Waals surface area (Å²) in [5, 5.41) is 4.06. The first-order chi connectivity index (χ1) is 13.6. The summed E-state index contributed by atoms with van der Waals surface area (Å²) in [6, 6.07) is 12.9. The summed E-state index contributed by atoms with van der Waals surface area (Å²) in [5.41, 5.74) is 1.68. The molecule has 4 rings (SSSR count). The first-order valence-corrected chi connectivity index (χ1v) is 9.42. The van der Waals surface area contributed by atoms with Crippen LogP contribution in [0.4, 0.5) is 0 Å². The van der Waals surface area contributed by atoms with E-state index in [2.05, 4.69) is 24.0 Å². The molecule has 0 saturated carbocycles. The first-order valence-electron chi connectivity index (χ1n) is 9.42. The number of fused-ring (bicyclic) bond motifs is 1. The number of nitrogens with zero attached hydrogens (tertiary/aromatic N) is 2. The number of hydrogen-bond acceptors (Lipinski definition) is 6. The van der Waals surface area contributed by atoms with Crippen LogP contribution in [0.25, 0.3) is 22.8 Å². The lowest BCUT2D eigenvalue weighted by Gasteiger charge is -2.36. The van der Waals surface area contributed by atoms with Gasteiger partial charge in [0.2, 0.25) is 5.82 Å². The third-order valence-electron chi connectivity index (χ3n) is 5.40. The zero-order valence-electron chi connectivity index (χ0n) is 16.2. The third kappa shape index (κ3) is 3.15. The van der Waals surface area contributed by atoms with Gasteiger partial charge < -0.3 is 14.0 Å². The van der Waals surface area contributed by atoms with Crippen LogP contribution in [0.15, 0.2) is 47.0 Å². The Bertz CT molecular complexity index is 1000. The molecule has 0 bridgehead atoms. The van der Waals surface area contributed by atoms with Crippen LogP contribution in [0.5, 0.6) is 11.5 Å². The Hall–Kier alpha value is -3.15. The SMILES string of the molecule is CCC1(CC)CC(=O)c2cc(-c3nc(-c4ccc(OC)cc4)no3)ccc2O1. The van der Waals surface area contributed by atoms with E-state index in [-0.39, 0.29) is 5.78 Å². The second-order valence-corrected chi connectivity index (χ2v) is 6.95. The van der Waals surface area contributed by atoms with Crippen LogP contribution in [-0.4, -0.2) is 28.6 Å². The zero-order chi connectivity index (χ0) is 19.7. The molecule has 28 heavy (non-hydrogen) atoms. The predicted molar refractivity (Wildman–Crippen MR) is 105 cm³/mol. The minimum absolute atomic E-state index is 0.0849. The van der Waals surface area contributed by atoms with Gasteiger partial charge in [0.05, 0.1) is 19.1 Å². The molecule has 0 saturated heterocycles. The van der Waals surface area contributed by atoms with Crippen LogP contribution in [-0.2, 0) is 0 Å². The third-order valence-corrected chi connectivity index (χ3v) is 5.40. The van der Waals surface area contributed by atoms with Crippen molar-refractivity contribution in [2.75, 3.05) is 7.11 Å². The Morgan fingerprint density at radius 2 is 1.79 bits per heavy atom. The topological polar surface area (TPSA) is 74.5 Å². The first kappa shape index (κ1) is 18.2. The van der Waals surface area contributed by atoms with E-state index < -0.39 is 5.60 Å². The van der Waals surface area contributed by atoms with Crippen molar-refractivity contribution in [3.05, 3.63) is 48.0 Å². The number of benzene rings is 2. The second-order valence-electron chi connectivity index (χ2n) is 6.95. The summed E-state index contributed by atoms with van der Waals surface area (Å²) in [5.74, 6) is 2.31. The number of aromatic nitrogens is 2. The van der Waals surface area contributed by atoms with E-state index >= 15 is 0 Å². The van der Waals surface area contributed by atoms with Gasteiger partial charge in [-0.05, 0) is 55.3 Å².